The van der Waals surface area contributed by atoms with E-state index in [2.05, 4.69) is 13.9 Å². The molecule has 1 saturated carbocycles. The predicted octanol–water partition coefficient (Wildman–Crippen LogP) is 2.78. The molecule has 1 aliphatic carbocycles. The fourth-order valence-corrected chi connectivity index (χ4v) is 3.10. The number of nitrogens with zero attached hydrogens (tertiary/aromatic N) is 4. The fourth-order valence-electron chi connectivity index (χ4n) is 2.44. The van der Waals surface area contributed by atoms with Gasteiger partial charge in [0.15, 0.2) is 5.65 Å². The van der Waals surface area contributed by atoms with Crippen LogP contribution in [-0.2, 0) is 0 Å². The van der Waals surface area contributed by atoms with Gasteiger partial charge in [0.25, 0.3) is 0 Å². The molecule has 0 aliphatic heterocycles. The van der Waals surface area contributed by atoms with Crippen LogP contribution in [0, 0.1) is 6.92 Å². The van der Waals surface area contributed by atoms with Crippen LogP contribution < -0.4 is 5.73 Å². The van der Waals surface area contributed by atoms with E-state index < -0.39 is 0 Å². The average Bonchev–Trinajstić information content (AvgIpc) is 3.09. The first-order valence-electron chi connectivity index (χ1n) is 6.31. The molecule has 0 saturated heterocycles. The third kappa shape index (κ3) is 1.56. The normalized spacial score (nSPS) is 15.2. The van der Waals surface area contributed by atoms with Crippen LogP contribution in [0.4, 0.5) is 5.00 Å². The van der Waals surface area contributed by atoms with E-state index in [1.165, 1.54) is 24.4 Å². The summed E-state index contributed by atoms with van der Waals surface area (Å²) in [5, 5.41) is 0.731. The number of nitrogen functional groups attached to an aromatic ring is 1. The van der Waals surface area contributed by atoms with Gasteiger partial charge in [0, 0.05) is 12.2 Å². The Balaban J connectivity index is 2.06. The predicted molar refractivity (Wildman–Crippen MR) is 76.1 cm³/mol. The largest absolute Gasteiger partial charge is 0.389 e. The lowest BCUT2D eigenvalue weighted by Crippen LogP contribution is -2.00. The summed E-state index contributed by atoms with van der Waals surface area (Å²) in [7, 11) is 0. The Bertz CT molecular complexity index is 749. The molecule has 0 unspecified atom stereocenters. The Morgan fingerprint density at radius 1 is 1.42 bits per heavy atom. The standard InChI is InChI=1S/C13H13N5S/c1-7-10(11(14)19-17-7)13-16-9-3-2-6-15-12(9)18(13)8-4-5-8/h2-3,6,8H,4-5,14H2,1H3. The van der Waals surface area contributed by atoms with Crippen LogP contribution in [0.5, 0.6) is 0 Å². The van der Waals surface area contributed by atoms with E-state index in [-0.39, 0.29) is 0 Å². The molecule has 3 aromatic rings. The number of rotatable bonds is 2. The zero-order valence-electron chi connectivity index (χ0n) is 10.5. The van der Waals surface area contributed by atoms with Gasteiger partial charge in [-0.15, -0.1) is 0 Å². The summed E-state index contributed by atoms with van der Waals surface area (Å²) in [6.45, 7) is 1.98. The summed E-state index contributed by atoms with van der Waals surface area (Å²) in [6, 6.07) is 4.42. The molecule has 6 heteroatoms. The number of pyridine rings is 1. The highest BCUT2D eigenvalue weighted by atomic mass is 32.1. The van der Waals surface area contributed by atoms with Crippen molar-refractivity contribution in [3.63, 3.8) is 0 Å². The molecule has 0 amide bonds. The maximum atomic E-state index is 6.07. The number of fused-ring (bicyclic) bond motifs is 1. The highest BCUT2D eigenvalue weighted by Crippen LogP contribution is 2.42. The van der Waals surface area contributed by atoms with Gasteiger partial charge >= 0.3 is 0 Å². The fraction of sp³-hybridized carbons (Fsp3) is 0.308. The lowest BCUT2D eigenvalue weighted by molar-refractivity contribution is 0.766. The second-order valence-electron chi connectivity index (χ2n) is 4.89. The Labute approximate surface area is 114 Å². The highest BCUT2D eigenvalue weighted by Gasteiger charge is 2.30. The maximum absolute atomic E-state index is 6.07. The monoisotopic (exact) mass is 271 g/mol. The molecule has 0 radical (unpaired) electrons. The summed E-state index contributed by atoms with van der Waals surface area (Å²) >= 11 is 1.33. The first kappa shape index (κ1) is 10.9. The quantitative estimate of drug-likeness (QED) is 0.778. The summed E-state index contributed by atoms with van der Waals surface area (Å²) in [4.78, 5) is 9.20. The lowest BCUT2D eigenvalue weighted by Gasteiger charge is -2.06. The van der Waals surface area contributed by atoms with Crippen molar-refractivity contribution in [3.8, 4) is 11.4 Å². The Kier molecular flexibility index (Phi) is 2.17. The first-order chi connectivity index (χ1) is 9.25. The second-order valence-corrected chi connectivity index (χ2v) is 5.69. The van der Waals surface area contributed by atoms with Crippen molar-refractivity contribution in [3.05, 3.63) is 24.0 Å². The average molecular weight is 271 g/mol. The molecule has 0 spiro atoms. The number of anilines is 1. The molecular weight excluding hydrogens is 258 g/mol. The van der Waals surface area contributed by atoms with Crippen molar-refractivity contribution in [2.24, 2.45) is 0 Å². The smallest absolute Gasteiger partial charge is 0.160 e. The molecule has 0 atom stereocenters. The second kappa shape index (κ2) is 3.77. The van der Waals surface area contributed by atoms with Gasteiger partial charge in [0.1, 0.15) is 16.3 Å². The molecule has 1 fully saturated rings. The van der Waals surface area contributed by atoms with E-state index in [4.69, 9.17) is 10.7 Å². The van der Waals surface area contributed by atoms with E-state index in [0.717, 1.165) is 33.2 Å². The van der Waals surface area contributed by atoms with Crippen LogP contribution in [-0.4, -0.2) is 18.9 Å². The number of hydrogen-bond donors (Lipinski definition) is 1. The zero-order chi connectivity index (χ0) is 13.0. The molecule has 4 rings (SSSR count). The minimum atomic E-state index is 0.508. The molecule has 19 heavy (non-hydrogen) atoms. The van der Waals surface area contributed by atoms with E-state index >= 15 is 0 Å². The van der Waals surface area contributed by atoms with Crippen molar-refractivity contribution < 1.29 is 0 Å². The topological polar surface area (TPSA) is 69.6 Å². The minimum absolute atomic E-state index is 0.508. The van der Waals surface area contributed by atoms with E-state index in [0.29, 0.717) is 6.04 Å². The van der Waals surface area contributed by atoms with Crippen molar-refractivity contribution >= 4 is 27.7 Å². The molecule has 0 aromatic carbocycles. The van der Waals surface area contributed by atoms with E-state index in [1.54, 1.807) is 0 Å². The van der Waals surface area contributed by atoms with Crippen LogP contribution in [0.1, 0.15) is 24.6 Å². The van der Waals surface area contributed by atoms with Gasteiger partial charge in [-0.1, -0.05) is 0 Å². The number of aromatic nitrogens is 4. The first-order valence-corrected chi connectivity index (χ1v) is 7.08. The number of nitrogens with two attached hydrogens (primary N) is 1. The lowest BCUT2D eigenvalue weighted by atomic mass is 10.2. The maximum Gasteiger partial charge on any atom is 0.160 e. The summed E-state index contributed by atoms with van der Waals surface area (Å²) in [6.07, 6.45) is 4.19. The SMILES string of the molecule is Cc1nsc(N)c1-c1nc2cccnc2n1C1CC1. The van der Waals surface area contributed by atoms with Crippen molar-refractivity contribution in [2.45, 2.75) is 25.8 Å². The van der Waals surface area contributed by atoms with Gasteiger partial charge in [0.2, 0.25) is 0 Å². The van der Waals surface area contributed by atoms with Crippen molar-refractivity contribution in [1.82, 2.24) is 18.9 Å². The number of aryl methyl sites for hydroxylation is 1. The van der Waals surface area contributed by atoms with Gasteiger partial charge in [0.05, 0.1) is 11.3 Å². The van der Waals surface area contributed by atoms with E-state index in [1.807, 2.05) is 25.3 Å². The van der Waals surface area contributed by atoms with Gasteiger partial charge < -0.3 is 10.3 Å². The minimum Gasteiger partial charge on any atom is -0.389 e. The van der Waals surface area contributed by atoms with Gasteiger partial charge in [-0.2, -0.15) is 4.37 Å². The number of hydrogen-bond acceptors (Lipinski definition) is 5. The molecule has 0 bridgehead atoms. The third-order valence-electron chi connectivity index (χ3n) is 3.47. The van der Waals surface area contributed by atoms with Crippen LogP contribution in [0.15, 0.2) is 18.3 Å². The molecule has 5 nitrogen and oxygen atoms in total. The molecular formula is C13H13N5S. The zero-order valence-corrected chi connectivity index (χ0v) is 11.3. The summed E-state index contributed by atoms with van der Waals surface area (Å²) in [5.74, 6) is 0.917. The molecule has 1 aliphatic rings. The van der Waals surface area contributed by atoms with Crippen molar-refractivity contribution in [1.29, 1.82) is 0 Å². The third-order valence-corrected chi connectivity index (χ3v) is 4.24. The number of imidazole rings is 1. The van der Waals surface area contributed by atoms with Crippen LogP contribution in [0.2, 0.25) is 0 Å². The molecule has 3 heterocycles. The molecule has 96 valence electrons. The van der Waals surface area contributed by atoms with E-state index in [9.17, 15) is 0 Å². The Morgan fingerprint density at radius 3 is 2.95 bits per heavy atom. The van der Waals surface area contributed by atoms with Gasteiger partial charge in [-0.3, -0.25) is 0 Å². The summed E-state index contributed by atoms with van der Waals surface area (Å²) < 4.78 is 6.55. The van der Waals surface area contributed by atoms with Crippen LogP contribution >= 0.6 is 11.5 Å². The highest BCUT2D eigenvalue weighted by molar-refractivity contribution is 7.10. The van der Waals surface area contributed by atoms with Gasteiger partial charge in [-0.25, -0.2) is 9.97 Å². The van der Waals surface area contributed by atoms with Crippen molar-refractivity contribution in [2.75, 3.05) is 5.73 Å². The van der Waals surface area contributed by atoms with Crippen LogP contribution in [0.25, 0.3) is 22.6 Å². The molecule has 2 N–H and O–H groups in total. The van der Waals surface area contributed by atoms with Crippen LogP contribution in [0.3, 0.4) is 0 Å². The van der Waals surface area contributed by atoms with Gasteiger partial charge in [-0.05, 0) is 43.4 Å². The Morgan fingerprint density at radius 2 is 2.26 bits per heavy atom. The summed E-state index contributed by atoms with van der Waals surface area (Å²) in [5.41, 5.74) is 9.85. The molecule has 3 aromatic heterocycles. The Hall–Kier alpha value is -1.95.